The zero-order valence-electron chi connectivity index (χ0n) is 15.4. The van der Waals surface area contributed by atoms with Gasteiger partial charge in [-0.2, -0.15) is 5.26 Å². The molecular formula is C21H17BrN6. The Morgan fingerprint density at radius 1 is 1.14 bits per heavy atom. The fourth-order valence-corrected chi connectivity index (χ4v) is 3.35. The van der Waals surface area contributed by atoms with Gasteiger partial charge in [-0.15, -0.1) is 0 Å². The molecule has 0 fully saturated rings. The quantitative estimate of drug-likeness (QED) is 0.495. The number of fused-ring (bicyclic) bond motifs is 1. The first-order valence-electron chi connectivity index (χ1n) is 8.79. The molecule has 0 aliphatic heterocycles. The molecule has 3 heterocycles. The Hall–Kier alpha value is -3.24. The molecular weight excluding hydrogens is 416 g/mol. The van der Waals surface area contributed by atoms with Crippen LogP contribution in [0.2, 0.25) is 0 Å². The van der Waals surface area contributed by atoms with E-state index in [0.29, 0.717) is 17.2 Å². The number of hydrogen-bond donors (Lipinski definition) is 1. The van der Waals surface area contributed by atoms with Gasteiger partial charge in [0.15, 0.2) is 0 Å². The second-order valence-electron chi connectivity index (χ2n) is 6.51. The summed E-state index contributed by atoms with van der Waals surface area (Å²) in [6.07, 6.45) is 5.22. The second-order valence-corrected chi connectivity index (χ2v) is 7.43. The third kappa shape index (κ3) is 3.35. The lowest BCUT2D eigenvalue weighted by Crippen LogP contribution is -2.10. The normalized spacial score (nSPS) is 11.9. The van der Waals surface area contributed by atoms with E-state index in [4.69, 9.17) is 0 Å². The molecule has 0 radical (unpaired) electrons. The summed E-state index contributed by atoms with van der Waals surface area (Å²) in [5.74, 6) is 0.465. The number of anilines is 1. The SMILES string of the molecule is Cc1cccn2c(-c3nc(N[C@@H](C)c4ccc(Br)cc4)ncc3C#N)cnc12. The van der Waals surface area contributed by atoms with Gasteiger partial charge in [-0.3, -0.25) is 4.40 Å². The molecule has 0 amide bonds. The Labute approximate surface area is 171 Å². The summed E-state index contributed by atoms with van der Waals surface area (Å²) in [4.78, 5) is 13.4. The van der Waals surface area contributed by atoms with Crippen molar-refractivity contribution in [3.05, 3.63) is 76.2 Å². The van der Waals surface area contributed by atoms with E-state index < -0.39 is 0 Å². The van der Waals surface area contributed by atoms with Gasteiger partial charge in [0.05, 0.1) is 29.7 Å². The monoisotopic (exact) mass is 432 g/mol. The lowest BCUT2D eigenvalue weighted by Gasteiger charge is -2.15. The van der Waals surface area contributed by atoms with Gasteiger partial charge in [-0.05, 0) is 43.2 Å². The molecule has 1 atom stereocenters. The van der Waals surface area contributed by atoms with Crippen LogP contribution >= 0.6 is 15.9 Å². The number of rotatable bonds is 4. The van der Waals surface area contributed by atoms with Gasteiger partial charge in [0.25, 0.3) is 0 Å². The number of nitrogens with one attached hydrogen (secondary N) is 1. The van der Waals surface area contributed by atoms with Crippen molar-refractivity contribution in [1.29, 1.82) is 5.26 Å². The maximum absolute atomic E-state index is 9.54. The van der Waals surface area contributed by atoms with Gasteiger partial charge in [0.2, 0.25) is 5.95 Å². The molecule has 0 aliphatic rings. The fourth-order valence-electron chi connectivity index (χ4n) is 3.08. The maximum Gasteiger partial charge on any atom is 0.223 e. The second kappa shape index (κ2) is 7.41. The van der Waals surface area contributed by atoms with E-state index in [1.807, 2.05) is 60.8 Å². The molecule has 0 saturated carbocycles. The highest BCUT2D eigenvalue weighted by Crippen LogP contribution is 2.26. The highest BCUT2D eigenvalue weighted by Gasteiger charge is 2.16. The number of pyridine rings is 1. The smallest absolute Gasteiger partial charge is 0.223 e. The first-order chi connectivity index (χ1) is 13.6. The maximum atomic E-state index is 9.54. The predicted octanol–water partition coefficient (Wildman–Crippen LogP) is 4.91. The van der Waals surface area contributed by atoms with Gasteiger partial charge in [-0.1, -0.05) is 34.1 Å². The topological polar surface area (TPSA) is 78.9 Å². The molecule has 1 aromatic carbocycles. The highest BCUT2D eigenvalue weighted by atomic mass is 79.9. The third-order valence-corrected chi connectivity index (χ3v) is 5.13. The molecule has 4 rings (SSSR count). The molecule has 0 spiro atoms. The molecule has 0 saturated heterocycles. The van der Waals surface area contributed by atoms with Crippen molar-refractivity contribution in [2.75, 3.05) is 5.32 Å². The molecule has 7 heteroatoms. The summed E-state index contributed by atoms with van der Waals surface area (Å²) in [5.41, 5.74) is 4.74. The molecule has 28 heavy (non-hydrogen) atoms. The van der Waals surface area contributed by atoms with Crippen molar-refractivity contribution in [3.63, 3.8) is 0 Å². The van der Waals surface area contributed by atoms with Crippen molar-refractivity contribution >= 4 is 27.5 Å². The number of nitriles is 1. The standard InChI is InChI=1S/C21H17BrN6/c1-13-4-3-9-28-18(12-24-20(13)28)19-16(10-23)11-25-21(27-19)26-14(2)15-5-7-17(22)8-6-15/h3-9,11-12,14H,1-2H3,(H,25,26,27)/t14-/m0/s1. The molecule has 6 nitrogen and oxygen atoms in total. The number of halogens is 1. The van der Waals surface area contributed by atoms with E-state index in [2.05, 4.69) is 42.3 Å². The predicted molar refractivity (Wildman–Crippen MR) is 112 cm³/mol. The fraction of sp³-hybridized carbons (Fsp3) is 0.143. The molecule has 0 aliphatic carbocycles. The van der Waals surface area contributed by atoms with Crippen LogP contribution in [0.5, 0.6) is 0 Å². The molecule has 138 valence electrons. The molecule has 0 unspecified atom stereocenters. The average Bonchev–Trinajstić information content (AvgIpc) is 3.14. The van der Waals surface area contributed by atoms with Crippen LogP contribution in [0.1, 0.15) is 29.7 Å². The number of benzene rings is 1. The summed E-state index contributed by atoms with van der Waals surface area (Å²) in [7, 11) is 0. The van der Waals surface area contributed by atoms with Gasteiger partial charge in [0, 0.05) is 10.7 Å². The van der Waals surface area contributed by atoms with E-state index in [0.717, 1.165) is 26.9 Å². The lowest BCUT2D eigenvalue weighted by atomic mass is 10.1. The van der Waals surface area contributed by atoms with E-state index in [1.54, 1.807) is 12.4 Å². The Balaban J connectivity index is 1.73. The van der Waals surface area contributed by atoms with Crippen molar-refractivity contribution in [2.24, 2.45) is 0 Å². The Kier molecular flexibility index (Phi) is 4.80. The van der Waals surface area contributed by atoms with Crippen molar-refractivity contribution in [2.45, 2.75) is 19.9 Å². The summed E-state index contributed by atoms with van der Waals surface area (Å²) in [5, 5.41) is 12.9. The first-order valence-corrected chi connectivity index (χ1v) is 9.58. The largest absolute Gasteiger partial charge is 0.348 e. The highest BCUT2D eigenvalue weighted by molar-refractivity contribution is 9.10. The van der Waals surface area contributed by atoms with E-state index >= 15 is 0 Å². The van der Waals surface area contributed by atoms with Gasteiger partial charge in [0.1, 0.15) is 17.4 Å². The van der Waals surface area contributed by atoms with Gasteiger partial charge in [-0.25, -0.2) is 15.0 Å². The minimum Gasteiger partial charge on any atom is -0.348 e. The number of hydrogen-bond acceptors (Lipinski definition) is 5. The van der Waals surface area contributed by atoms with Crippen LogP contribution in [0.25, 0.3) is 17.0 Å². The van der Waals surface area contributed by atoms with Gasteiger partial charge >= 0.3 is 0 Å². The van der Waals surface area contributed by atoms with Crippen LogP contribution in [0.4, 0.5) is 5.95 Å². The summed E-state index contributed by atoms with van der Waals surface area (Å²) in [6, 6.07) is 14.2. The molecule has 0 bridgehead atoms. The van der Waals surface area contributed by atoms with Crippen LogP contribution < -0.4 is 5.32 Å². The van der Waals surface area contributed by atoms with Crippen molar-refractivity contribution in [1.82, 2.24) is 19.4 Å². The van der Waals surface area contributed by atoms with Crippen molar-refractivity contribution < 1.29 is 0 Å². The number of imidazole rings is 1. The lowest BCUT2D eigenvalue weighted by molar-refractivity contribution is 0.860. The van der Waals surface area contributed by atoms with Crippen LogP contribution in [0.3, 0.4) is 0 Å². The van der Waals surface area contributed by atoms with E-state index in [9.17, 15) is 5.26 Å². The average molecular weight is 433 g/mol. The van der Waals surface area contributed by atoms with Gasteiger partial charge < -0.3 is 5.32 Å². The number of nitrogens with zero attached hydrogens (tertiary/aromatic N) is 5. The third-order valence-electron chi connectivity index (χ3n) is 4.60. The van der Waals surface area contributed by atoms with Crippen LogP contribution in [0.15, 0.2) is 59.5 Å². The Morgan fingerprint density at radius 3 is 2.68 bits per heavy atom. The van der Waals surface area contributed by atoms with E-state index in [-0.39, 0.29) is 6.04 Å². The minimum atomic E-state index is 0.0123. The Bertz CT molecular complexity index is 1190. The molecule has 1 N–H and O–H groups in total. The summed E-state index contributed by atoms with van der Waals surface area (Å²) < 4.78 is 2.98. The molecule has 4 aromatic rings. The zero-order valence-corrected chi connectivity index (χ0v) is 17.0. The summed E-state index contributed by atoms with van der Waals surface area (Å²) in [6.45, 7) is 4.05. The number of aromatic nitrogens is 4. The van der Waals surface area contributed by atoms with Crippen molar-refractivity contribution in [3.8, 4) is 17.5 Å². The summed E-state index contributed by atoms with van der Waals surface area (Å²) >= 11 is 3.45. The number of aryl methyl sites for hydroxylation is 1. The van der Waals surface area contributed by atoms with Crippen LogP contribution in [0, 0.1) is 18.3 Å². The molecule has 3 aromatic heterocycles. The van der Waals surface area contributed by atoms with E-state index in [1.165, 1.54) is 0 Å². The first kappa shape index (κ1) is 18.1. The zero-order chi connectivity index (χ0) is 19.7. The van der Waals surface area contributed by atoms with Crippen LogP contribution in [-0.4, -0.2) is 19.4 Å². The van der Waals surface area contributed by atoms with Crippen LogP contribution in [-0.2, 0) is 0 Å². The minimum absolute atomic E-state index is 0.0123. The Morgan fingerprint density at radius 2 is 1.93 bits per heavy atom.